The lowest BCUT2D eigenvalue weighted by Gasteiger charge is -2.48. The van der Waals surface area contributed by atoms with Gasteiger partial charge in [-0.15, -0.1) is 0 Å². The summed E-state index contributed by atoms with van der Waals surface area (Å²) in [6.45, 7) is 52.2. The van der Waals surface area contributed by atoms with Crippen molar-refractivity contribution < 1.29 is 4.42 Å². The highest BCUT2D eigenvalue weighted by molar-refractivity contribution is 7.00. The lowest BCUT2D eigenvalue weighted by atomic mass is 9.32. The molecule has 0 unspecified atom stereocenters. The maximum absolute atomic E-state index is 7.96. The Labute approximate surface area is 478 Å². The summed E-state index contributed by atoms with van der Waals surface area (Å²) in [6.07, 6.45) is 11.6. The van der Waals surface area contributed by atoms with Gasteiger partial charge in [0.1, 0.15) is 5.76 Å². The Bertz CT molecular complexity index is 3610. The van der Waals surface area contributed by atoms with Gasteiger partial charge in [0.05, 0.1) is 0 Å². The average Bonchev–Trinajstić information content (AvgIpc) is 2.52. The quantitative estimate of drug-likeness (QED) is 0.164. The second-order valence-corrected chi connectivity index (χ2v) is 33.5. The van der Waals surface area contributed by atoms with Crippen LogP contribution in [0.3, 0.4) is 0 Å². The molecule has 0 fully saturated rings. The van der Waals surface area contributed by atoms with Crippen LogP contribution in [0.25, 0.3) is 11.1 Å². The molecule has 6 aromatic rings. The van der Waals surface area contributed by atoms with E-state index >= 15 is 0 Å². The Morgan fingerprint density at radius 1 is 0.354 bits per heavy atom. The highest BCUT2D eigenvalue weighted by Crippen LogP contribution is 2.58. The summed E-state index contributed by atoms with van der Waals surface area (Å²) in [7, 11) is 0. The van der Waals surface area contributed by atoms with Gasteiger partial charge in [0.15, 0.2) is 5.88 Å². The summed E-state index contributed by atoms with van der Waals surface area (Å²) < 4.78 is 7.96. The van der Waals surface area contributed by atoms with E-state index < -0.39 is 0 Å². The van der Waals surface area contributed by atoms with Gasteiger partial charge < -0.3 is 9.32 Å². The summed E-state index contributed by atoms with van der Waals surface area (Å²) in [4.78, 5) is 5.44. The standard InChI is InChI=1S/C75H95BN2O/c1-44-36-51-54(71(12,13)31-30-68(51,6)7)41-48(44)45-37-59-62-60(38-45)78(47-23-25-50-53(40-47)70(10,11)29-27-67(50,4)5)65-63(61-64(79-65)75(20,21)35-34-74(61,18)19)76(62)57-42-55-56(73(16,17)33-32-72(55,14)15)43-58(57)77(59)46-22-24-49-52(39-46)69(8,9)28-26-66(49,2)3/h22-25,36-43H,26-35H2,1-21H3. The minimum Gasteiger partial charge on any atom is -0.444 e. The van der Waals surface area contributed by atoms with Crippen LogP contribution in [0.5, 0.6) is 0 Å². The predicted octanol–water partition coefficient (Wildman–Crippen LogP) is 19.1. The number of benzene rings is 5. The third-order valence-electron chi connectivity index (χ3n) is 23.2. The number of anilines is 6. The number of furan rings is 1. The van der Waals surface area contributed by atoms with E-state index in [0.717, 1.165) is 25.1 Å². The highest BCUT2D eigenvalue weighted by Gasteiger charge is 2.54. The molecule has 5 aliphatic carbocycles. The first-order valence-corrected chi connectivity index (χ1v) is 31.1. The van der Waals surface area contributed by atoms with E-state index in [2.05, 4.69) is 228 Å². The number of hydrogen-bond acceptors (Lipinski definition) is 3. The molecule has 3 nitrogen and oxygen atoms in total. The number of aryl methyl sites for hydroxylation is 1. The molecule has 13 rings (SSSR count). The molecule has 3 heterocycles. The predicted molar refractivity (Wildman–Crippen MR) is 339 cm³/mol. The SMILES string of the molecule is Cc1cc2c(cc1-c1cc3c4c(c1)N(c1ccc5c(c1)C(C)(C)CCC5(C)C)c1oc5c(c1B4c1cc4c(cc1N3c1ccc3c(c1)C(C)(C)CCC3(C)C)C(C)(C)CCC4(C)C)C(C)(C)CCC5(C)C)C(C)(C)CCC2(C)C. The van der Waals surface area contributed by atoms with Crippen LogP contribution in [0.15, 0.2) is 77.2 Å². The molecule has 0 radical (unpaired) electrons. The van der Waals surface area contributed by atoms with Gasteiger partial charge >= 0.3 is 0 Å². The lowest BCUT2D eigenvalue weighted by molar-refractivity contribution is 0.280. The lowest BCUT2D eigenvalue weighted by Crippen LogP contribution is -2.63. The number of nitrogens with zero attached hydrogens (tertiary/aromatic N) is 2. The van der Waals surface area contributed by atoms with E-state index in [4.69, 9.17) is 4.42 Å². The van der Waals surface area contributed by atoms with Crippen molar-refractivity contribution >= 4 is 57.4 Å². The molecule has 0 saturated carbocycles. The van der Waals surface area contributed by atoms with Gasteiger partial charge in [0, 0.05) is 33.9 Å². The Kier molecular flexibility index (Phi) is 10.9. The fourth-order valence-electron chi connectivity index (χ4n) is 17.1. The molecule has 0 bridgehead atoms. The molecule has 1 aromatic heterocycles. The third kappa shape index (κ3) is 7.61. The van der Waals surface area contributed by atoms with Crippen molar-refractivity contribution in [1.29, 1.82) is 0 Å². The zero-order chi connectivity index (χ0) is 56.7. The van der Waals surface area contributed by atoms with Gasteiger partial charge in [0.25, 0.3) is 6.71 Å². The zero-order valence-electron chi connectivity index (χ0n) is 52.9. The summed E-state index contributed by atoms with van der Waals surface area (Å²) >= 11 is 0. The van der Waals surface area contributed by atoms with E-state index in [0.29, 0.717) is 0 Å². The average molecular weight is 1050 g/mol. The zero-order valence-corrected chi connectivity index (χ0v) is 52.9. The van der Waals surface area contributed by atoms with Crippen LogP contribution in [0.1, 0.15) is 264 Å². The molecule has 0 amide bonds. The second-order valence-electron chi connectivity index (χ2n) is 33.5. The van der Waals surface area contributed by atoms with Crippen molar-refractivity contribution in [2.75, 3.05) is 9.80 Å². The molecule has 7 aliphatic rings. The summed E-state index contributed by atoms with van der Waals surface area (Å²) in [5.74, 6) is 2.21. The highest BCUT2D eigenvalue weighted by atomic mass is 16.4. The summed E-state index contributed by atoms with van der Waals surface area (Å²) in [5.41, 5.74) is 28.3. The van der Waals surface area contributed by atoms with Crippen LogP contribution in [-0.4, -0.2) is 6.71 Å². The van der Waals surface area contributed by atoms with Gasteiger partial charge in [-0.1, -0.05) is 169 Å². The molecular weight excluding hydrogens is 956 g/mol. The summed E-state index contributed by atoms with van der Waals surface area (Å²) in [5, 5.41) is 0. The molecule has 0 N–H and O–H groups in total. The molecule has 4 heteroatoms. The second kappa shape index (κ2) is 16.2. The Morgan fingerprint density at radius 3 is 1.23 bits per heavy atom. The fraction of sp³-hybridized carbons (Fsp3) is 0.547. The first kappa shape index (κ1) is 53.4. The molecule has 0 spiro atoms. The molecule has 0 atom stereocenters. The van der Waals surface area contributed by atoms with Crippen LogP contribution in [0.4, 0.5) is 34.3 Å². The topological polar surface area (TPSA) is 19.6 Å². The fourth-order valence-corrected chi connectivity index (χ4v) is 17.1. The van der Waals surface area contributed by atoms with Crippen molar-refractivity contribution in [3.63, 3.8) is 0 Å². The number of fused-ring (bicyclic) bond motifs is 10. The van der Waals surface area contributed by atoms with Gasteiger partial charge in [-0.25, -0.2) is 0 Å². The largest absolute Gasteiger partial charge is 0.444 e. The molecule has 2 aliphatic heterocycles. The molecule has 5 aromatic carbocycles. The van der Waals surface area contributed by atoms with E-state index in [-0.39, 0.29) is 60.9 Å². The first-order valence-electron chi connectivity index (χ1n) is 31.1. The van der Waals surface area contributed by atoms with Crippen molar-refractivity contribution in [3.8, 4) is 11.1 Å². The smallest absolute Gasteiger partial charge is 0.256 e. The molecule has 414 valence electrons. The maximum atomic E-state index is 7.96. The van der Waals surface area contributed by atoms with Gasteiger partial charge in [-0.3, -0.25) is 4.90 Å². The van der Waals surface area contributed by atoms with Crippen LogP contribution in [0, 0.1) is 6.92 Å². The molecular formula is C75H95BN2O. The van der Waals surface area contributed by atoms with E-state index in [9.17, 15) is 0 Å². The Balaban J connectivity index is 1.21. The van der Waals surface area contributed by atoms with Crippen molar-refractivity contribution in [3.05, 3.63) is 134 Å². The molecule has 0 saturated heterocycles. The van der Waals surface area contributed by atoms with Crippen LogP contribution in [-0.2, 0) is 54.1 Å². The van der Waals surface area contributed by atoms with Crippen LogP contribution < -0.4 is 26.2 Å². The van der Waals surface area contributed by atoms with E-state index in [1.165, 1.54) is 162 Å². The van der Waals surface area contributed by atoms with E-state index in [1.54, 1.807) is 0 Å². The van der Waals surface area contributed by atoms with Gasteiger partial charge in [-0.2, -0.15) is 0 Å². The van der Waals surface area contributed by atoms with Crippen LogP contribution in [0.2, 0.25) is 0 Å². The van der Waals surface area contributed by atoms with Crippen LogP contribution >= 0.6 is 0 Å². The summed E-state index contributed by atoms with van der Waals surface area (Å²) in [6, 6.07) is 31.3. The monoisotopic (exact) mass is 1050 g/mol. The first-order chi connectivity index (χ1) is 36.5. The van der Waals surface area contributed by atoms with E-state index in [1.807, 2.05) is 0 Å². The van der Waals surface area contributed by atoms with Crippen molar-refractivity contribution in [1.82, 2.24) is 0 Å². The normalized spacial score (nSPS) is 23.7. The minimum absolute atomic E-state index is 0.0195. The minimum atomic E-state index is -0.133. The number of hydrogen-bond donors (Lipinski definition) is 0. The maximum Gasteiger partial charge on any atom is 0.256 e. The van der Waals surface area contributed by atoms with Gasteiger partial charge in [-0.05, 0) is 245 Å². The molecule has 79 heavy (non-hydrogen) atoms. The van der Waals surface area contributed by atoms with Gasteiger partial charge in [0.2, 0.25) is 0 Å². The number of rotatable bonds is 3. The Morgan fingerprint density at radius 2 is 0.734 bits per heavy atom. The van der Waals surface area contributed by atoms with Crippen molar-refractivity contribution in [2.24, 2.45) is 0 Å². The Hall–Kier alpha value is -4.96. The third-order valence-corrected chi connectivity index (χ3v) is 23.2. The van der Waals surface area contributed by atoms with Crippen molar-refractivity contribution in [2.45, 2.75) is 264 Å².